The highest BCUT2D eigenvalue weighted by molar-refractivity contribution is 6.48. The zero-order chi connectivity index (χ0) is 24.4. The molecule has 0 unspecified atom stereocenters. The molecule has 1 amide bonds. The van der Waals surface area contributed by atoms with Gasteiger partial charge in [-0.1, -0.05) is 23.7 Å². The Morgan fingerprint density at radius 3 is 2.50 bits per heavy atom. The molecular formula is C25H21ClFN3O4. The smallest absolute Gasteiger partial charge is 0.296 e. The van der Waals surface area contributed by atoms with Gasteiger partial charge < -0.3 is 19.4 Å². The van der Waals surface area contributed by atoms with Crippen molar-refractivity contribution in [3.8, 4) is 11.6 Å². The third-order valence-corrected chi connectivity index (χ3v) is 5.76. The largest absolute Gasteiger partial charge is 0.497 e. The van der Waals surface area contributed by atoms with Crippen LogP contribution in [0.4, 0.5) is 10.1 Å². The third-order valence-electron chi connectivity index (χ3n) is 5.51. The number of Topliss-reactive ketones (excluding diaryl/α,β-unsaturated/α-hetero) is 1. The van der Waals surface area contributed by atoms with Crippen LogP contribution >= 0.6 is 11.6 Å². The van der Waals surface area contributed by atoms with Gasteiger partial charge in [0, 0.05) is 34.2 Å². The van der Waals surface area contributed by atoms with E-state index >= 15 is 0 Å². The first-order valence-corrected chi connectivity index (χ1v) is 10.7. The molecule has 1 N–H and O–H groups in total. The van der Waals surface area contributed by atoms with Gasteiger partial charge >= 0.3 is 0 Å². The van der Waals surface area contributed by atoms with E-state index in [1.54, 1.807) is 31.2 Å². The van der Waals surface area contributed by atoms with Gasteiger partial charge in [0.2, 0.25) is 5.88 Å². The molecule has 4 rings (SSSR count). The molecule has 0 aliphatic heterocycles. The lowest BCUT2D eigenvalue weighted by Crippen LogP contribution is -2.24. The Hall–Kier alpha value is -3.91. The number of rotatable bonds is 7. The Morgan fingerprint density at radius 2 is 1.82 bits per heavy atom. The number of fused-ring (bicyclic) bond motifs is 1. The maximum absolute atomic E-state index is 14.2. The summed E-state index contributed by atoms with van der Waals surface area (Å²) in [6.45, 7) is 2.22. The molecule has 0 aliphatic carbocycles. The molecule has 2 aromatic carbocycles. The Balaban J connectivity index is 1.76. The number of nitrogens with one attached hydrogen (secondary N) is 1. The zero-order valence-corrected chi connectivity index (χ0v) is 19.4. The number of carbonyl (C=O) groups is 2. The van der Waals surface area contributed by atoms with E-state index in [0.29, 0.717) is 28.4 Å². The van der Waals surface area contributed by atoms with Gasteiger partial charge in [-0.15, -0.1) is 0 Å². The van der Waals surface area contributed by atoms with Gasteiger partial charge in [-0.3, -0.25) is 9.59 Å². The number of nitrogens with zero attached hydrogens (tertiary/aromatic N) is 2. The fourth-order valence-electron chi connectivity index (χ4n) is 3.77. The number of amides is 1. The van der Waals surface area contributed by atoms with Crippen molar-refractivity contribution < 1.29 is 23.5 Å². The van der Waals surface area contributed by atoms with Crippen molar-refractivity contribution in [2.75, 3.05) is 19.5 Å². The number of benzene rings is 2. The molecule has 0 saturated heterocycles. The van der Waals surface area contributed by atoms with E-state index in [4.69, 9.17) is 21.1 Å². The molecule has 0 radical (unpaired) electrons. The van der Waals surface area contributed by atoms with Crippen LogP contribution in [0.15, 0.2) is 54.7 Å². The lowest BCUT2D eigenvalue weighted by atomic mass is 10.1. The van der Waals surface area contributed by atoms with E-state index in [0.717, 1.165) is 17.3 Å². The highest BCUT2D eigenvalue weighted by Crippen LogP contribution is 2.31. The summed E-state index contributed by atoms with van der Waals surface area (Å²) < 4.78 is 26.4. The summed E-state index contributed by atoms with van der Waals surface area (Å²) in [6, 6.07) is 13.9. The van der Waals surface area contributed by atoms with Crippen LogP contribution in [0.25, 0.3) is 10.9 Å². The van der Waals surface area contributed by atoms with Gasteiger partial charge in [0.05, 0.1) is 31.7 Å². The molecule has 34 heavy (non-hydrogen) atoms. The van der Waals surface area contributed by atoms with Crippen LogP contribution in [0.1, 0.15) is 21.6 Å². The molecule has 0 saturated carbocycles. The second-order valence-electron chi connectivity index (χ2n) is 7.55. The van der Waals surface area contributed by atoms with Crippen molar-refractivity contribution >= 4 is 39.9 Å². The summed E-state index contributed by atoms with van der Waals surface area (Å²) in [5.41, 5.74) is 2.31. The van der Waals surface area contributed by atoms with Crippen molar-refractivity contribution in [1.29, 1.82) is 0 Å². The van der Waals surface area contributed by atoms with Crippen molar-refractivity contribution in [1.82, 2.24) is 9.55 Å². The minimum absolute atomic E-state index is 0.102. The minimum atomic E-state index is -0.983. The van der Waals surface area contributed by atoms with Crippen molar-refractivity contribution in [2.24, 2.45) is 0 Å². The van der Waals surface area contributed by atoms with Gasteiger partial charge in [-0.2, -0.15) is 0 Å². The molecule has 0 fully saturated rings. The van der Waals surface area contributed by atoms with Crippen LogP contribution in [-0.2, 0) is 11.3 Å². The number of ether oxygens (including phenoxy) is 2. The molecule has 2 heterocycles. The Morgan fingerprint density at radius 1 is 1.09 bits per heavy atom. The number of carbonyl (C=O) groups excluding carboxylic acids is 2. The van der Waals surface area contributed by atoms with Gasteiger partial charge in [-0.05, 0) is 42.8 Å². The third kappa shape index (κ3) is 4.45. The van der Waals surface area contributed by atoms with Crippen LogP contribution in [0.2, 0.25) is 5.02 Å². The van der Waals surface area contributed by atoms with Gasteiger partial charge in [0.15, 0.2) is 5.82 Å². The summed E-state index contributed by atoms with van der Waals surface area (Å²) in [7, 11) is 2.88. The summed E-state index contributed by atoms with van der Waals surface area (Å²) in [5.74, 6) is -1.94. The minimum Gasteiger partial charge on any atom is -0.497 e. The van der Waals surface area contributed by atoms with Gasteiger partial charge in [-0.25, -0.2) is 9.37 Å². The number of pyridine rings is 1. The molecule has 4 aromatic rings. The molecule has 0 aliphatic rings. The number of methoxy groups -OCH3 is 2. The Bertz CT molecular complexity index is 1400. The monoisotopic (exact) mass is 481 g/mol. The average Bonchev–Trinajstić information content (AvgIpc) is 3.11. The predicted octanol–water partition coefficient (Wildman–Crippen LogP) is 5.02. The van der Waals surface area contributed by atoms with E-state index in [1.165, 1.54) is 20.3 Å². The average molecular weight is 482 g/mol. The topological polar surface area (TPSA) is 82.5 Å². The van der Waals surface area contributed by atoms with E-state index in [9.17, 15) is 14.0 Å². The number of aromatic nitrogens is 2. The number of hydrogen-bond donors (Lipinski definition) is 1. The van der Waals surface area contributed by atoms with E-state index in [1.807, 2.05) is 22.8 Å². The van der Waals surface area contributed by atoms with Crippen LogP contribution < -0.4 is 14.8 Å². The van der Waals surface area contributed by atoms with Gasteiger partial charge in [0.1, 0.15) is 5.75 Å². The highest BCUT2D eigenvalue weighted by Gasteiger charge is 2.26. The normalized spacial score (nSPS) is 10.9. The second kappa shape index (κ2) is 9.52. The number of ketones is 1. The summed E-state index contributed by atoms with van der Waals surface area (Å²) in [6.07, 6.45) is 0.910. The molecule has 0 bridgehead atoms. The SMILES string of the molecule is COc1ccc2c(c1)c(C(=O)C(=O)Nc1cc(OC)ncc1F)c(C)n2Cc1ccc(Cl)cc1. The standard InChI is InChI=1S/C25H21ClFN3O4/c1-14-23(24(31)25(32)29-20-11-22(34-3)28-12-19(20)27)18-10-17(33-2)8-9-21(18)30(14)13-15-4-6-16(26)7-5-15/h4-12H,13H2,1-3H3,(H,28,29,32). The number of halogens is 2. The number of anilines is 1. The van der Waals surface area contributed by atoms with E-state index in [-0.39, 0.29) is 17.1 Å². The highest BCUT2D eigenvalue weighted by atomic mass is 35.5. The molecule has 2 aromatic heterocycles. The van der Waals surface area contributed by atoms with Crippen molar-refractivity contribution in [3.05, 3.63) is 82.4 Å². The zero-order valence-electron chi connectivity index (χ0n) is 18.7. The molecule has 174 valence electrons. The lowest BCUT2D eigenvalue weighted by Gasteiger charge is -2.10. The molecule has 9 heteroatoms. The van der Waals surface area contributed by atoms with E-state index < -0.39 is 17.5 Å². The number of hydrogen-bond acceptors (Lipinski definition) is 5. The van der Waals surface area contributed by atoms with Gasteiger partial charge in [0.25, 0.3) is 11.7 Å². The fraction of sp³-hybridized carbons (Fsp3) is 0.160. The van der Waals surface area contributed by atoms with Crippen LogP contribution in [0.5, 0.6) is 11.6 Å². The molecular weight excluding hydrogens is 461 g/mol. The maximum Gasteiger partial charge on any atom is 0.296 e. The van der Waals surface area contributed by atoms with E-state index in [2.05, 4.69) is 10.3 Å². The van der Waals surface area contributed by atoms with Crippen LogP contribution in [-0.4, -0.2) is 35.5 Å². The first-order valence-electron chi connectivity index (χ1n) is 10.3. The fourth-order valence-corrected chi connectivity index (χ4v) is 3.90. The summed E-state index contributed by atoms with van der Waals surface area (Å²) in [4.78, 5) is 29.9. The first-order chi connectivity index (χ1) is 16.3. The summed E-state index contributed by atoms with van der Waals surface area (Å²) >= 11 is 6.00. The quantitative estimate of drug-likeness (QED) is 0.296. The molecule has 7 nitrogen and oxygen atoms in total. The first kappa shape index (κ1) is 23.3. The van der Waals surface area contributed by atoms with Crippen LogP contribution in [0.3, 0.4) is 0 Å². The second-order valence-corrected chi connectivity index (χ2v) is 7.98. The molecule has 0 spiro atoms. The Labute approximate surface area is 200 Å². The van der Waals surface area contributed by atoms with Crippen molar-refractivity contribution in [2.45, 2.75) is 13.5 Å². The van der Waals surface area contributed by atoms with Crippen LogP contribution in [0, 0.1) is 12.7 Å². The van der Waals surface area contributed by atoms with Crippen molar-refractivity contribution in [3.63, 3.8) is 0 Å². The molecule has 0 atom stereocenters. The lowest BCUT2D eigenvalue weighted by molar-refractivity contribution is -0.112. The Kier molecular flexibility index (Phi) is 6.51. The predicted molar refractivity (Wildman–Crippen MR) is 127 cm³/mol. The maximum atomic E-state index is 14.2. The summed E-state index contributed by atoms with van der Waals surface area (Å²) in [5, 5.41) is 3.51.